The van der Waals surface area contributed by atoms with Crippen LogP contribution < -0.4 is 5.32 Å². The molecule has 108 valence electrons. The fourth-order valence-corrected chi connectivity index (χ4v) is 3.94. The van der Waals surface area contributed by atoms with E-state index in [0.717, 1.165) is 6.54 Å². The molecule has 1 N–H and O–H groups in total. The van der Waals surface area contributed by atoms with Crippen molar-refractivity contribution in [3.8, 4) is 0 Å². The van der Waals surface area contributed by atoms with Crippen molar-refractivity contribution in [2.75, 3.05) is 19.6 Å². The van der Waals surface area contributed by atoms with Gasteiger partial charge in [0.2, 0.25) is 0 Å². The number of nitrogens with one attached hydrogen (secondary N) is 1. The van der Waals surface area contributed by atoms with Gasteiger partial charge in [0, 0.05) is 11.6 Å². The van der Waals surface area contributed by atoms with E-state index in [0.29, 0.717) is 11.6 Å². The summed E-state index contributed by atoms with van der Waals surface area (Å²) in [5, 5.41) is 3.81. The smallest absolute Gasteiger partial charge is 0.0362 e. The summed E-state index contributed by atoms with van der Waals surface area (Å²) in [5.41, 5.74) is 0.453. The number of rotatable bonds is 9. The molecular formula is C16H34N2. The van der Waals surface area contributed by atoms with Crippen LogP contribution in [0.25, 0.3) is 0 Å². The van der Waals surface area contributed by atoms with Crippen molar-refractivity contribution < 1.29 is 0 Å². The Labute approximate surface area is 115 Å². The number of unbranched alkanes of at least 4 members (excludes halogenated alkanes) is 1. The van der Waals surface area contributed by atoms with E-state index in [2.05, 4.69) is 37.9 Å². The Bertz CT molecular complexity index is 205. The molecule has 0 aromatic rings. The maximum absolute atomic E-state index is 3.81. The minimum atomic E-state index is 0.453. The average molecular weight is 254 g/mol. The molecule has 1 aliphatic carbocycles. The van der Waals surface area contributed by atoms with Crippen LogP contribution in [0.5, 0.6) is 0 Å². The quantitative estimate of drug-likeness (QED) is 0.673. The summed E-state index contributed by atoms with van der Waals surface area (Å²) in [7, 11) is 0. The molecule has 1 fully saturated rings. The summed E-state index contributed by atoms with van der Waals surface area (Å²) in [5.74, 6) is 0. The maximum atomic E-state index is 3.81. The van der Waals surface area contributed by atoms with Gasteiger partial charge in [-0.2, -0.15) is 0 Å². The first-order valence-electron chi connectivity index (χ1n) is 8.23. The molecule has 1 aliphatic rings. The van der Waals surface area contributed by atoms with Crippen molar-refractivity contribution in [2.24, 2.45) is 0 Å². The number of likely N-dealkylation sites (N-methyl/N-ethyl adjacent to an activating group) is 2. The molecule has 18 heavy (non-hydrogen) atoms. The molecule has 0 amide bonds. The molecule has 1 unspecified atom stereocenters. The topological polar surface area (TPSA) is 15.3 Å². The molecule has 0 spiro atoms. The second kappa shape index (κ2) is 8.16. The lowest BCUT2D eigenvalue weighted by molar-refractivity contribution is 0.0594. The van der Waals surface area contributed by atoms with E-state index in [-0.39, 0.29) is 0 Å². The molecular weight excluding hydrogens is 220 g/mol. The zero-order valence-corrected chi connectivity index (χ0v) is 13.1. The van der Waals surface area contributed by atoms with Crippen LogP contribution in [0.1, 0.15) is 72.6 Å². The Hall–Kier alpha value is -0.0800. The van der Waals surface area contributed by atoms with Crippen LogP contribution in [-0.2, 0) is 0 Å². The van der Waals surface area contributed by atoms with Crippen LogP contribution in [0.2, 0.25) is 0 Å². The SMILES string of the molecule is CCCCC(NCC)C1(N(CC)CC)CCCC1. The van der Waals surface area contributed by atoms with E-state index < -0.39 is 0 Å². The second-order valence-electron chi connectivity index (χ2n) is 5.74. The number of nitrogens with zero attached hydrogens (tertiary/aromatic N) is 1. The summed E-state index contributed by atoms with van der Waals surface area (Å²) >= 11 is 0. The summed E-state index contributed by atoms with van der Waals surface area (Å²) in [4.78, 5) is 2.74. The van der Waals surface area contributed by atoms with Crippen molar-refractivity contribution in [1.82, 2.24) is 10.2 Å². The van der Waals surface area contributed by atoms with Crippen molar-refractivity contribution in [1.29, 1.82) is 0 Å². The van der Waals surface area contributed by atoms with Crippen molar-refractivity contribution >= 4 is 0 Å². The standard InChI is InChI=1S/C16H34N2/c1-5-9-12-15(17-6-2)16(13-10-11-14-16)18(7-3)8-4/h15,17H,5-14H2,1-4H3. The van der Waals surface area contributed by atoms with Gasteiger partial charge in [-0.15, -0.1) is 0 Å². The monoisotopic (exact) mass is 254 g/mol. The van der Waals surface area contributed by atoms with Gasteiger partial charge in [-0.1, -0.05) is 53.4 Å². The Kier molecular flexibility index (Phi) is 7.25. The molecule has 1 atom stereocenters. The van der Waals surface area contributed by atoms with Crippen LogP contribution in [-0.4, -0.2) is 36.1 Å². The van der Waals surface area contributed by atoms with E-state index in [1.165, 1.54) is 58.0 Å². The van der Waals surface area contributed by atoms with Gasteiger partial charge in [0.05, 0.1) is 0 Å². The zero-order chi connectivity index (χ0) is 13.4. The number of hydrogen-bond acceptors (Lipinski definition) is 2. The molecule has 1 saturated carbocycles. The molecule has 0 aromatic heterocycles. The first-order chi connectivity index (χ1) is 8.75. The highest BCUT2D eigenvalue weighted by atomic mass is 15.2. The van der Waals surface area contributed by atoms with Gasteiger partial charge in [-0.3, -0.25) is 4.90 Å². The van der Waals surface area contributed by atoms with E-state index in [1.54, 1.807) is 0 Å². The Balaban J connectivity index is 2.83. The third-order valence-corrected chi connectivity index (χ3v) is 4.81. The maximum Gasteiger partial charge on any atom is 0.0362 e. The van der Waals surface area contributed by atoms with E-state index in [4.69, 9.17) is 0 Å². The molecule has 0 aliphatic heterocycles. The lowest BCUT2D eigenvalue weighted by atomic mass is 9.83. The van der Waals surface area contributed by atoms with Gasteiger partial charge >= 0.3 is 0 Å². The van der Waals surface area contributed by atoms with Gasteiger partial charge in [-0.25, -0.2) is 0 Å². The Morgan fingerprint density at radius 3 is 2.11 bits per heavy atom. The summed E-state index contributed by atoms with van der Waals surface area (Å²) in [6, 6.07) is 0.699. The van der Waals surface area contributed by atoms with Crippen molar-refractivity contribution in [2.45, 2.75) is 84.2 Å². The van der Waals surface area contributed by atoms with Crippen LogP contribution >= 0.6 is 0 Å². The number of hydrogen-bond donors (Lipinski definition) is 1. The second-order valence-corrected chi connectivity index (χ2v) is 5.74. The summed E-state index contributed by atoms with van der Waals surface area (Å²) < 4.78 is 0. The average Bonchev–Trinajstić information content (AvgIpc) is 2.86. The first kappa shape index (κ1) is 16.0. The van der Waals surface area contributed by atoms with Crippen LogP contribution in [0.3, 0.4) is 0 Å². The molecule has 1 rings (SSSR count). The van der Waals surface area contributed by atoms with Gasteiger partial charge < -0.3 is 5.32 Å². The fourth-order valence-electron chi connectivity index (χ4n) is 3.94. The van der Waals surface area contributed by atoms with Crippen molar-refractivity contribution in [3.05, 3.63) is 0 Å². The third kappa shape index (κ3) is 3.48. The minimum Gasteiger partial charge on any atom is -0.312 e. The normalized spacial score (nSPS) is 20.5. The van der Waals surface area contributed by atoms with Crippen LogP contribution in [0.15, 0.2) is 0 Å². The highest BCUT2D eigenvalue weighted by molar-refractivity contribution is 5.03. The largest absolute Gasteiger partial charge is 0.312 e. The van der Waals surface area contributed by atoms with Gasteiger partial charge in [0.15, 0.2) is 0 Å². The van der Waals surface area contributed by atoms with E-state index in [9.17, 15) is 0 Å². The third-order valence-electron chi connectivity index (χ3n) is 4.81. The van der Waals surface area contributed by atoms with Crippen LogP contribution in [0.4, 0.5) is 0 Å². The summed E-state index contributed by atoms with van der Waals surface area (Å²) in [6.07, 6.45) is 9.67. The lowest BCUT2D eigenvalue weighted by Crippen LogP contribution is -2.59. The molecule has 0 saturated heterocycles. The predicted octanol–water partition coefficient (Wildman–Crippen LogP) is 3.81. The van der Waals surface area contributed by atoms with E-state index in [1.807, 2.05) is 0 Å². The first-order valence-corrected chi connectivity index (χ1v) is 8.23. The molecule has 0 aromatic carbocycles. The Morgan fingerprint density at radius 1 is 1.06 bits per heavy atom. The lowest BCUT2D eigenvalue weighted by Gasteiger charge is -2.47. The highest BCUT2D eigenvalue weighted by Gasteiger charge is 2.43. The van der Waals surface area contributed by atoms with Gasteiger partial charge in [-0.05, 0) is 38.9 Å². The Morgan fingerprint density at radius 2 is 1.67 bits per heavy atom. The van der Waals surface area contributed by atoms with Crippen molar-refractivity contribution in [3.63, 3.8) is 0 Å². The zero-order valence-electron chi connectivity index (χ0n) is 13.1. The molecule has 0 radical (unpaired) electrons. The van der Waals surface area contributed by atoms with E-state index >= 15 is 0 Å². The minimum absolute atomic E-state index is 0.453. The van der Waals surface area contributed by atoms with Gasteiger partial charge in [0.1, 0.15) is 0 Å². The van der Waals surface area contributed by atoms with Crippen LogP contribution in [0, 0.1) is 0 Å². The molecule has 0 heterocycles. The molecule has 2 heteroatoms. The highest BCUT2D eigenvalue weighted by Crippen LogP contribution is 2.39. The molecule has 2 nitrogen and oxygen atoms in total. The summed E-state index contributed by atoms with van der Waals surface area (Å²) in [6.45, 7) is 12.7. The fraction of sp³-hybridized carbons (Fsp3) is 1.00. The van der Waals surface area contributed by atoms with Gasteiger partial charge in [0.25, 0.3) is 0 Å². The predicted molar refractivity (Wildman–Crippen MR) is 81.1 cm³/mol. The molecule has 0 bridgehead atoms.